The third kappa shape index (κ3) is 52.7. The van der Waals surface area contributed by atoms with Crippen molar-refractivity contribution in [3.05, 3.63) is 24.3 Å². The maximum atomic E-state index is 10.3. The van der Waals surface area contributed by atoms with Crippen LogP contribution < -0.4 is 0 Å². The Balaban J connectivity index is 0. The lowest BCUT2D eigenvalue weighted by atomic mass is 10.1. The van der Waals surface area contributed by atoms with Gasteiger partial charge in [0.2, 0.25) is 10.4 Å². The number of quaternary nitrogens is 1. The van der Waals surface area contributed by atoms with E-state index in [0.29, 0.717) is 0 Å². The number of hydrogen-bond donors (Lipinski definition) is 0. The largest absolute Gasteiger partial charge is 0.726 e. The van der Waals surface area contributed by atoms with E-state index in [1.807, 2.05) is 0 Å². The zero-order chi connectivity index (χ0) is 39.6. The second-order valence-electron chi connectivity index (χ2n) is 15.4. The summed E-state index contributed by atoms with van der Waals surface area (Å²) in [5, 5.41) is 0. The summed E-state index contributed by atoms with van der Waals surface area (Å²) >= 11 is 0. The van der Waals surface area contributed by atoms with Crippen LogP contribution in [-0.4, -0.2) is 90.7 Å². The molecule has 1 unspecified atom stereocenters. The average Bonchev–Trinajstić information content (AvgIpc) is 3.11. The minimum Gasteiger partial charge on any atom is -0.726 e. The minimum absolute atomic E-state index is 0.186. The Bertz CT molecular complexity index is 933. The summed E-state index contributed by atoms with van der Waals surface area (Å²) in [5.74, 6) is 0. The van der Waals surface area contributed by atoms with Crippen LogP contribution in [0.2, 0.25) is 0 Å². The van der Waals surface area contributed by atoms with E-state index in [9.17, 15) is 22.6 Å². The summed E-state index contributed by atoms with van der Waals surface area (Å²) in [7, 11) is 3.11. The Morgan fingerprint density at radius 3 is 1.13 bits per heavy atom. The summed E-state index contributed by atoms with van der Waals surface area (Å²) < 4.78 is 44.3. The first-order valence-corrected chi connectivity index (χ1v) is 22.6. The van der Waals surface area contributed by atoms with Gasteiger partial charge in [-0.3, -0.25) is 4.18 Å². The van der Waals surface area contributed by atoms with E-state index in [2.05, 4.69) is 49.6 Å². The van der Waals surface area contributed by atoms with Crippen LogP contribution in [0.25, 0.3) is 0 Å². The predicted molar refractivity (Wildman–Crippen MR) is 220 cm³/mol. The summed E-state index contributed by atoms with van der Waals surface area (Å²) in [6.07, 6.45) is 45.8. The molecule has 0 saturated carbocycles. The van der Waals surface area contributed by atoms with E-state index in [-0.39, 0.29) is 6.10 Å². The molecule has 0 aliphatic heterocycles. The molecular weight excluding hydrogens is 691 g/mol. The summed E-state index contributed by atoms with van der Waals surface area (Å²) in [6.45, 7) is 3.42. The van der Waals surface area contributed by atoms with E-state index in [4.69, 9.17) is 9.47 Å². The average molecular weight is 774 g/mol. The number of hydrogen-bond acceptors (Lipinski definition) is 8. The summed E-state index contributed by atoms with van der Waals surface area (Å²) in [4.78, 5) is 20.6. The van der Waals surface area contributed by atoms with Crippen LogP contribution in [0.15, 0.2) is 24.3 Å². The molecule has 0 amide bonds. The van der Waals surface area contributed by atoms with Crippen molar-refractivity contribution in [2.45, 2.75) is 186 Å². The molecule has 1 atom stereocenters. The highest BCUT2D eigenvalue weighted by molar-refractivity contribution is 7.80. The van der Waals surface area contributed by atoms with Crippen molar-refractivity contribution in [1.29, 1.82) is 0 Å². The monoisotopic (exact) mass is 774 g/mol. The van der Waals surface area contributed by atoms with E-state index in [1.165, 1.54) is 141 Å². The van der Waals surface area contributed by atoms with Gasteiger partial charge in [0.1, 0.15) is 25.2 Å². The topological polar surface area (TPSA) is 119 Å². The Labute approximate surface area is 327 Å². The first-order valence-electron chi connectivity index (χ1n) is 21.2. The van der Waals surface area contributed by atoms with Crippen LogP contribution in [0.3, 0.4) is 0 Å². The molecule has 314 valence electrons. The molecule has 0 aromatic heterocycles. The number of aldehydes is 2. The van der Waals surface area contributed by atoms with Crippen LogP contribution in [0.5, 0.6) is 0 Å². The minimum atomic E-state index is -4.41. The molecule has 0 aromatic carbocycles. The molecule has 0 bridgehead atoms. The van der Waals surface area contributed by atoms with Crippen molar-refractivity contribution < 1.29 is 40.7 Å². The van der Waals surface area contributed by atoms with Crippen LogP contribution in [0.4, 0.5) is 0 Å². The SMILES string of the molecule is COS(=O)(=O)[O-].C[N+](C)(C)CC(COCCCCCCCC/C=C\CCCCCCCC=O)OCCCCCCCC/C=C\CCCCCCCC=O. The lowest BCUT2D eigenvalue weighted by Gasteiger charge is -2.29. The second-order valence-corrected chi connectivity index (χ2v) is 16.6. The molecule has 0 heterocycles. The Morgan fingerprint density at radius 1 is 0.509 bits per heavy atom. The van der Waals surface area contributed by atoms with Gasteiger partial charge in [-0.2, -0.15) is 0 Å². The van der Waals surface area contributed by atoms with Gasteiger partial charge in [-0.05, 0) is 77.0 Å². The number of nitrogens with zero attached hydrogens (tertiary/aromatic N) is 1. The Hall–Kier alpha value is -1.43. The molecule has 0 spiro atoms. The molecule has 53 heavy (non-hydrogen) atoms. The number of allylic oxidation sites excluding steroid dienone is 4. The standard InChI is InChI=1S/C42H80NO4.CH4O4S/c1-43(2,3)40-42(47-39-35-31-27-23-19-15-11-7-5-9-13-17-21-25-29-33-37-45)41-46-38-34-30-26-22-18-14-10-6-4-8-12-16-20-24-28-32-36-44;1-5-6(2,3)4/h4-7,36-37,42H,8-35,38-41H2,1-3H3;1H3,(H,2,3,4)/q+1;/p-1/b6-4-,7-5-;. The van der Waals surface area contributed by atoms with Gasteiger partial charge >= 0.3 is 0 Å². The molecule has 0 rings (SSSR count). The highest BCUT2D eigenvalue weighted by Crippen LogP contribution is 2.12. The highest BCUT2D eigenvalue weighted by atomic mass is 32.3. The normalized spacial score (nSPS) is 12.7. The van der Waals surface area contributed by atoms with E-state index < -0.39 is 10.4 Å². The van der Waals surface area contributed by atoms with Crippen molar-refractivity contribution in [2.24, 2.45) is 0 Å². The maximum absolute atomic E-state index is 10.3. The summed E-state index contributed by atoms with van der Waals surface area (Å²) in [5.41, 5.74) is 0. The van der Waals surface area contributed by atoms with Crippen LogP contribution >= 0.6 is 0 Å². The molecule has 10 heteroatoms. The lowest BCUT2D eigenvalue weighted by molar-refractivity contribution is -0.873. The molecule has 0 N–H and O–H groups in total. The van der Waals surface area contributed by atoms with Gasteiger partial charge in [0.25, 0.3) is 0 Å². The highest BCUT2D eigenvalue weighted by Gasteiger charge is 2.19. The Kier molecular flexibility index (Phi) is 42.3. The van der Waals surface area contributed by atoms with Crippen molar-refractivity contribution in [3.63, 3.8) is 0 Å². The van der Waals surface area contributed by atoms with Gasteiger partial charge in [-0.1, -0.05) is 114 Å². The van der Waals surface area contributed by atoms with Gasteiger partial charge in [-0.15, -0.1) is 0 Å². The lowest BCUT2D eigenvalue weighted by Crippen LogP contribution is -2.44. The number of rotatable bonds is 40. The van der Waals surface area contributed by atoms with Crippen LogP contribution in [0.1, 0.15) is 180 Å². The van der Waals surface area contributed by atoms with Gasteiger partial charge in [0.05, 0.1) is 34.9 Å². The molecule has 9 nitrogen and oxygen atoms in total. The van der Waals surface area contributed by atoms with Crippen molar-refractivity contribution in [1.82, 2.24) is 0 Å². The Morgan fingerprint density at radius 2 is 0.811 bits per heavy atom. The van der Waals surface area contributed by atoms with Crippen LogP contribution in [-0.2, 0) is 33.6 Å². The quantitative estimate of drug-likeness (QED) is 0.0151. The van der Waals surface area contributed by atoms with E-state index in [0.717, 1.165) is 89.1 Å². The molecule has 0 aromatic rings. The zero-order valence-electron chi connectivity index (χ0n) is 34.8. The van der Waals surface area contributed by atoms with Gasteiger partial charge in [0.15, 0.2) is 0 Å². The van der Waals surface area contributed by atoms with E-state index in [1.54, 1.807) is 0 Å². The van der Waals surface area contributed by atoms with Gasteiger partial charge in [-0.25, -0.2) is 8.42 Å². The van der Waals surface area contributed by atoms with Crippen molar-refractivity contribution in [2.75, 3.05) is 54.6 Å². The number of carbonyl (C=O) groups is 2. The molecule has 0 aliphatic rings. The number of unbranched alkanes of at least 4 members (excludes halogenated alkanes) is 24. The first-order chi connectivity index (χ1) is 25.6. The van der Waals surface area contributed by atoms with E-state index >= 15 is 0 Å². The van der Waals surface area contributed by atoms with Crippen molar-refractivity contribution in [3.8, 4) is 0 Å². The third-order valence-electron chi connectivity index (χ3n) is 9.01. The van der Waals surface area contributed by atoms with Crippen LogP contribution in [0, 0.1) is 0 Å². The maximum Gasteiger partial charge on any atom is 0.217 e. The smallest absolute Gasteiger partial charge is 0.217 e. The molecule has 0 radical (unpaired) electrons. The number of carbonyl (C=O) groups excluding carboxylic acids is 2. The molecule has 0 fully saturated rings. The third-order valence-corrected chi connectivity index (χ3v) is 9.41. The van der Waals surface area contributed by atoms with Crippen molar-refractivity contribution >= 4 is 23.0 Å². The fourth-order valence-electron chi connectivity index (χ4n) is 5.99. The van der Waals surface area contributed by atoms with Gasteiger partial charge < -0.3 is 28.1 Å². The number of ether oxygens (including phenoxy) is 2. The second kappa shape index (κ2) is 41.7. The molecule has 0 saturated heterocycles. The molecular formula is C43H83NO8S. The molecule has 0 aliphatic carbocycles. The number of likely N-dealkylation sites (N-methyl/N-ethyl adjacent to an activating group) is 1. The summed E-state index contributed by atoms with van der Waals surface area (Å²) in [6, 6.07) is 0. The zero-order valence-corrected chi connectivity index (χ0v) is 35.6. The van der Waals surface area contributed by atoms with Gasteiger partial charge in [0, 0.05) is 26.1 Å². The fraction of sp³-hybridized carbons (Fsp3) is 0.860. The predicted octanol–water partition coefficient (Wildman–Crippen LogP) is 10.6. The fourth-order valence-corrected chi connectivity index (χ4v) is 5.99. The first kappa shape index (κ1) is 53.7.